The van der Waals surface area contributed by atoms with Crippen molar-refractivity contribution in [3.05, 3.63) is 0 Å². The second-order valence-corrected chi connectivity index (χ2v) is 7.86. The molecule has 0 spiro atoms. The first kappa shape index (κ1) is 18.3. The molecule has 2 amide bonds. The molecule has 0 unspecified atom stereocenters. The highest BCUT2D eigenvalue weighted by molar-refractivity contribution is 5.77. The quantitative estimate of drug-likeness (QED) is 0.813. The summed E-state index contributed by atoms with van der Waals surface area (Å²) in [4.78, 5) is 26.1. The Hall–Kier alpha value is -1.06. The lowest BCUT2D eigenvalue weighted by Gasteiger charge is -2.33. The van der Waals surface area contributed by atoms with Crippen LogP contribution in [0.15, 0.2) is 0 Å². The first-order valence-electron chi connectivity index (χ1n) is 9.61. The van der Waals surface area contributed by atoms with E-state index in [9.17, 15) is 9.59 Å². The van der Waals surface area contributed by atoms with Gasteiger partial charge in [-0.15, -0.1) is 0 Å². The molecule has 0 aromatic rings. The zero-order chi connectivity index (χ0) is 16.7. The molecule has 2 fully saturated rings. The Morgan fingerprint density at radius 2 is 1.70 bits per heavy atom. The molecule has 0 radical (unpaired) electrons. The van der Waals surface area contributed by atoms with Crippen molar-refractivity contribution in [2.75, 3.05) is 13.1 Å². The third kappa shape index (κ3) is 6.52. The zero-order valence-corrected chi connectivity index (χ0v) is 15.0. The van der Waals surface area contributed by atoms with Gasteiger partial charge < -0.3 is 10.2 Å². The van der Waals surface area contributed by atoms with Gasteiger partial charge in [-0.25, -0.2) is 0 Å². The van der Waals surface area contributed by atoms with Crippen LogP contribution in [0.1, 0.15) is 78.1 Å². The number of piperidine rings is 1. The molecule has 2 rings (SSSR count). The largest absolute Gasteiger partial charge is 0.353 e. The highest BCUT2D eigenvalue weighted by Gasteiger charge is 2.24. The normalized spacial score (nSPS) is 20.7. The van der Waals surface area contributed by atoms with E-state index in [1.807, 2.05) is 4.90 Å². The molecule has 23 heavy (non-hydrogen) atoms. The van der Waals surface area contributed by atoms with Crippen molar-refractivity contribution in [1.82, 2.24) is 10.2 Å². The number of carbonyl (C=O) groups excluding carboxylic acids is 2. The third-order valence-corrected chi connectivity index (χ3v) is 5.30. The van der Waals surface area contributed by atoms with Crippen LogP contribution in [0.4, 0.5) is 0 Å². The Labute approximate surface area is 141 Å². The number of amides is 2. The fourth-order valence-electron chi connectivity index (χ4n) is 3.86. The van der Waals surface area contributed by atoms with Crippen LogP contribution in [-0.2, 0) is 9.59 Å². The predicted molar refractivity (Wildman–Crippen MR) is 93.0 cm³/mol. The molecule has 4 nitrogen and oxygen atoms in total. The van der Waals surface area contributed by atoms with Gasteiger partial charge in [0.25, 0.3) is 0 Å². The van der Waals surface area contributed by atoms with Crippen LogP contribution in [0.5, 0.6) is 0 Å². The highest BCUT2D eigenvalue weighted by atomic mass is 16.2. The Morgan fingerprint density at radius 3 is 2.30 bits per heavy atom. The number of hydrogen-bond donors (Lipinski definition) is 1. The minimum Gasteiger partial charge on any atom is -0.353 e. The molecule has 1 saturated heterocycles. The smallest absolute Gasteiger partial charge is 0.222 e. The van der Waals surface area contributed by atoms with E-state index in [1.54, 1.807) is 0 Å². The summed E-state index contributed by atoms with van der Waals surface area (Å²) in [5, 5.41) is 3.18. The van der Waals surface area contributed by atoms with Crippen molar-refractivity contribution in [1.29, 1.82) is 0 Å². The van der Waals surface area contributed by atoms with Crippen LogP contribution < -0.4 is 5.32 Å². The standard InChI is InChI=1S/C19H34N2O2/c1-15(2)14-19(23)21-12-10-17(11-13-21)20-18(22)9-8-16-6-4-3-5-7-16/h15-17H,3-14H2,1-2H3,(H,20,22). The lowest BCUT2D eigenvalue weighted by atomic mass is 9.86. The topological polar surface area (TPSA) is 49.4 Å². The van der Waals surface area contributed by atoms with E-state index in [4.69, 9.17) is 0 Å². The first-order chi connectivity index (χ1) is 11.0. The highest BCUT2D eigenvalue weighted by Crippen LogP contribution is 2.27. The predicted octanol–water partition coefficient (Wildman–Crippen LogP) is 3.50. The van der Waals surface area contributed by atoms with Gasteiger partial charge in [0.15, 0.2) is 0 Å². The molecule has 0 aromatic carbocycles. The van der Waals surface area contributed by atoms with Crippen LogP contribution in [0, 0.1) is 11.8 Å². The van der Waals surface area contributed by atoms with Crippen LogP contribution in [0.3, 0.4) is 0 Å². The summed E-state index contributed by atoms with van der Waals surface area (Å²) in [5.41, 5.74) is 0. The van der Waals surface area contributed by atoms with Gasteiger partial charge >= 0.3 is 0 Å². The number of nitrogens with zero attached hydrogens (tertiary/aromatic N) is 1. The monoisotopic (exact) mass is 322 g/mol. The van der Waals surface area contributed by atoms with E-state index in [2.05, 4.69) is 19.2 Å². The second-order valence-electron chi connectivity index (χ2n) is 7.86. The van der Waals surface area contributed by atoms with E-state index >= 15 is 0 Å². The van der Waals surface area contributed by atoms with Gasteiger partial charge in [-0.3, -0.25) is 9.59 Å². The van der Waals surface area contributed by atoms with Crippen LogP contribution in [0.2, 0.25) is 0 Å². The molecule has 1 heterocycles. The van der Waals surface area contributed by atoms with Crippen LogP contribution in [-0.4, -0.2) is 35.8 Å². The zero-order valence-electron chi connectivity index (χ0n) is 15.0. The second kappa shape index (κ2) is 9.29. The van der Waals surface area contributed by atoms with E-state index in [-0.39, 0.29) is 17.9 Å². The molecule has 0 atom stereocenters. The number of nitrogens with one attached hydrogen (secondary N) is 1. The summed E-state index contributed by atoms with van der Waals surface area (Å²) in [7, 11) is 0. The summed E-state index contributed by atoms with van der Waals surface area (Å²) >= 11 is 0. The van der Waals surface area contributed by atoms with Gasteiger partial charge in [-0.1, -0.05) is 46.0 Å². The molecule has 0 bridgehead atoms. The molecule has 132 valence electrons. The van der Waals surface area contributed by atoms with Gasteiger partial charge in [-0.2, -0.15) is 0 Å². The summed E-state index contributed by atoms with van der Waals surface area (Å²) in [6.45, 7) is 5.74. The average Bonchev–Trinajstić information content (AvgIpc) is 2.54. The number of hydrogen-bond acceptors (Lipinski definition) is 2. The van der Waals surface area contributed by atoms with E-state index < -0.39 is 0 Å². The van der Waals surface area contributed by atoms with Crippen molar-refractivity contribution in [2.45, 2.75) is 84.1 Å². The lowest BCUT2D eigenvalue weighted by Crippen LogP contribution is -2.46. The Bertz CT molecular complexity index is 381. The molecule has 1 aliphatic heterocycles. The molecular weight excluding hydrogens is 288 g/mol. The van der Waals surface area contributed by atoms with E-state index in [0.29, 0.717) is 18.8 Å². The molecule has 0 aromatic heterocycles. The van der Waals surface area contributed by atoms with Crippen LogP contribution in [0.25, 0.3) is 0 Å². The third-order valence-electron chi connectivity index (χ3n) is 5.30. The minimum atomic E-state index is 0.211. The summed E-state index contributed by atoms with van der Waals surface area (Å²) in [5.74, 6) is 1.66. The lowest BCUT2D eigenvalue weighted by molar-refractivity contribution is -0.133. The van der Waals surface area contributed by atoms with Gasteiger partial charge in [0.2, 0.25) is 11.8 Å². The molecule has 2 aliphatic rings. The van der Waals surface area contributed by atoms with Crippen molar-refractivity contribution in [3.63, 3.8) is 0 Å². The maximum Gasteiger partial charge on any atom is 0.222 e. The molecule has 1 saturated carbocycles. The Kier molecular flexibility index (Phi) is 7.38. The van der Waals surface area contributed by atoms with Crippen LogP contribution >= 0.6 is 0 Å². The molecule has 4 heteroatoms. The molecular formula is C19H34N2O2. The van der Waals surface area contributed by atoms with Crippen molar-refractivity contribution >= 4 is 11.8 Å². The molecule has 1 N–H and O–H groups in total. The van der Waals surface area contributed by atoms with E-state index in [0.717, 1.165) is 38.3 Å². The summed E-state index contributed by atoms with van der Waals surface area (Å²) in [6, 6.07) is 0.261. The van der Waals surface area contributed by atoms with Crippen molar-refractivity contribution in [2.24, 2.45) is 11.8 Å². The number of rotatable bonds is 6. The maximum atomic E-state index is 12.1. The van der Waals surface area contributed by atoms with Gasteiger partial charge in [0.05, 0.1) is 0 Å². The maximum absolute atomic E-state index is 12.1. The minimum absolute atomic E-state index is 0.211. The summed E-state index contributed by atoms with van der Waals surface area (Å²) < 4.78 is 0. The Morgan fingerprint density at radius 1 is 1.04 bits per heavy atom. The fourth-order valence-corrected chi connectivity index (χ4v) is 3.86. The van der Waals surface area contributed by atoms with Crippen molar-refractivity contribution in [3.8, 4) is 0 Å². The fraction of sp³-hybridized carbons (Fsp3) is 0.895. The Balaban J connectivity index is 1.61. The van der Waals surface area contributed by atoms with Gasteiger partial charge in [-0.05, 0) is 31.1 Å². The number of carbonyl (C=O) groups is 2. The van der Waals surface area contributed by atoms with Gasteiger partial charge in [0, 0.05) is 32.0 Å². The van der Waals surface area contributed by atoms with E-state index in [1.165, 1.54) is 32.1 Å². The summed E-state index contributed by atoms with van der Waals surface area (Å²) in [6.07, 6.45) is 10.8. The average molecular weight is 322 g/mol. The van der Waals surface area contributed by atoms with Gasteiger partial charge in [0.1, 0.15) is 0 Å². The van der Waals surface area contributed by atoms with Crippen molar-refractivity contribution < 1.29 is 9.59 Å². The number of likely N-dealkylation sites (tertiary alicyclic amines) is 1. The first-order valence-corrected chi connectivity index (χ1v) is 9.61. The SMILES string of the molecule is CC(C)CC(=O)N1CCC(NC(=O)CCC2CCCCC2)CC1. The molecule has 1 aliphatic carbocycles.